The predicted molar refractivity (Wildman–Crippen MR) is 83.5 cm³/mol. The van der Waals surface area contributed by atoms with E-state index < -0.39 is 0 Å². The van der Waals surface area contributed by atoms with Crippen LogP contribution in [0.2, 0.25) is 0 Å². The van der Waals surface area contributed by atoms with Crippen LogP contribution in [0.5, 0.6) is 11.5 Å². The quantitative estimate of drug-likeness (QED) is 0.664. The molecule has 0 spiro atoms. The Morgan fingerprint density at radius 1 is 1.20 bits per heavy atom. The molecular formula is C15H16N2O2S. The number of ether oxygens (including phenoxy) is 1. The highest BCUT2D eigenvalue weighted by Gasteiger charge is 2.05. The summed E-state index contributed by atoms with van der Waals surface area (Å²) >= 11 is 1.65. The molecule has 2 rings (SSSR count). The van der Waals surface area contributed by atoms with Gasteiger partial charge in [-0.05, 0) is 36.6 Å². The van der Waals surface area contributed by atoms with Gasteiger partial charge in [0.15, 0.2) is 0 Å². The minimum Gasteiger partial charge on any atom is -0.457 e. The molecule has 0 aliphatic carbocycles. The average molecular weight is 288 g/mol. The molecule has 1 amide bonds. The monoisotopic (exact) mass is 288 g/mol. The van der Waals surface area contributed by atoms with Crippen LogP contribution >= 0.6 is 11.8 Å². The molecule has 2 aromatic carbocycles. The second-order valence-corrected chi connectivity index (χ2v) is 5.09. The largest absolute Gasteiger partial charge is 0.457 e. The smallest absolute Gasteiger partial charge is 0.221 e. The highest BCUT2D eigenvalue weighted by Crippen LogP contribution is 2.30. The topological polar surface area (TPSA) is 64.3 Å². The lowest BCUT2D eigenvalue weighted by atomic mass is 10.2. The van der Waals surface area contributed by atoms with Gasteiger partial charge in [-0.25, -0.2) is 0 Å². The summed E-state index contributed by atoms with van der Waals surface area (Å²) in [6, 6.07) is 13.0. The molecule has 0 heterocycles. The number of amides is 1. The van der Waals surface area contributed by atoms with Crippen molar-refractivity contribution in [1.29, 1.82) is 0 Å². The van der Waals surface area contributed by atoms with Gasteiger partial charge in [0.1, 0.15) is 11.5 Å². The number of benzene rings is 2. The Labute approximate surface area is 122 Å². The highest BCUT2D eigenvalue weighted by atomic mass is 32.2. The zero-order chi connectivity index (χ0) is 14.5. The predicted octanol–water partition coefficient (Wildman–Crippen LogP) is 3.74. The van der Waals surface area contributed by atoms with Gasteiger partial charge in [-0.2, -0.15) is 0 Å². The Kier molecular flexibility index (Phi) is 4.53. The first kappa shape index (κ1) is 14.3. The molecule has 104 valence electrons. The number of hydrogen-bond donors (Lipinski definition) is 2. The first-order chi connectivity index (χ1) is 9.58. The molecule has 0 fully saturated rings. The van der Waals surface area contributed by atoms with E-state index in [4.69, 9.17) is 10.5 Å². The number of carbonyl (C=O) groups is 1. The molecule has 2 aromatic rings. The normalized spacial score (nSPS) is 10.1. The van der Waals surface area contributed by atoms with Crippen LogP contribution in [0.4, 0.5) is 11.4 Å². The van der Waals surface area contributed by atoms with Gasteiger partial charge in [-0.15, -0.1) is 11.8 Å². The van der Waals surface area contributed by atoms with Crippen LogP contribution in [0.15, 0.2) is 47.4 Å². The molecule has 0 saturated heterocycles. The van der Waals surface area contributed by atoms with Crippen molar-refractivity contribution in [2.45, 2.75) is 11.8 Å². The van der Waals surface area contributed by atoms with E-state index in [-0.39, 0.29) is 5.91 Å². The Hall–Kier alpha value is -2.14. The summed E-state index contributed by atoms with van der Waals surface area (Å²) in [7, 11) is 0. The molecule has 0 aromatic heterocycles. The second kappa shape index (κ2) is 6.34. The first-order valence-electron chi connectivity index (χ1n) is 6.07. The van der Waals surface area contributed by atoms with Crippen LogP contribution in [0.3, 0.4) is 0 Å². The van der Waals surface area contributed by atoms with E-state index in [0.29, 0.717) is 17.1 Å². The van der Waals surface area contributed by atoms with Crippen LogP contribution in [0, 0.1) is 0 Å². The van der Waals surface area contributed by atoms with Gasteiger partial charge in [0.2, 0.25) is 5.91 Å². The zero-order valence-electron chi connectivity index (χ0n) is 11.3. The van der Waals surface area contributed by atoms with Gasteiger partial charge >= 0.3 is 0 Å². The Bertz CT molecular complexity index is 629. The number of thioether (sulfide) groups is 1. The minimum absolute atomic E-state index is 0.168. The molecule has 3 N–H and O–H groups in total. The fourth-order valence-electron chi connectivity index (χ4n) is 1.70. The van der Waals surface area contributed by atoms with E-state index in [2.05, 4.69) is 5.32 Å². The van der Waals surface area contributed by atoms with Crippen LogP contribution in [-0.2, 0) is 4.79 Å². The molecule has 0 atom stereocenters. The van der Waals surface area contributed by atoms with Crippen molar-refractivity contribution in [3.05, 3.63) is 42.5 Å². The maximum Gasteiger partial charge on any atom is 0.221 e. The summed E-state index contributed by atoms with van der Waals surface area (Å²) in [6.45, 7) is 1.44. The Morgan fingerprint density at radius 2 is 1.95 bits per heavy atom. The number of nitrogen functional groups attached to an aromatic ring is 1. The number of carbonyl (C=O) groups excluding carboxylic acids is 1. The fraction of sp³-hybridized carbons (Fsp3) is 0.133. The molecule has 0 radical (unpaired) electrons. The first-order valence-corrected chi connectivity index (χ1v) is 7.30. The lowest BCUT2D eigenvalue weighted by Gasteiger charge is -2.11. The van der Waals surface area contributed by atoms with Crippen molar-refractivity contribution >= 4 is 29.0 Å². The van der Waals surface area contributed by atoms with Crippen molar-refractivity contribution in [3.63, 3.8) is 0 Å². The van der Waals surface area contributed by atoms with Crippen LogP contribution in [0.1, 0.15) is 6.92 Å². The van der Waals surface area contributed by atoms with Gasteiger partial charge in [0, 0.05) is 17.9 Å². The number of anilines is 2. The Morgan fingerprint density at radius 3 is 2.65 bits per heavy atom. The van der Waals surface area contributed by atoms with Crippen LogP contribution in [-0.4, -0.2) is 12.2 Å². The van der Waals surface area contributed by atoms with Crippen molar-refractivity contribution in [3.8, 4) is 11.5 Å². The molecule has 5 heteroatoms. The lowest BCUT2D eigenvalue weighted by molar-refractivity contribution is -0.114. The molecule has 4 nitrogen and oxygen atoms in total. The standard InChI is InChI=1S/C15H16N2O2S/c1-10(18)17-15-9-12(6-7-14(15)16)19-11-4-3-5-13(8-11)20-2/h3-9H,16H2,1-2H3,(H,17,18). The van der Waals surface area contributed by atoms with Gasteiger partial charge in [0.05, 0.1) is 11.4 Å². The number of rotatable bonds is 4. The van der Waals surface area contributed by atoms with Gasteiger partial charge in [-0.1, -0.05) is 6.07 Å². The van der Waals surface area contributed by atoms with Crippen LogP contribution < -0.4 is 15.8 Å². The molecule has 0 aliphatic rings. The summed E-state index contributed by atoms with van der Waals surface area (Å²) in [5, 5.41) is 2.67. The molecule has 20 heavy (non-hydrogen) atoms. The lowest BCUT2D eigenvalue weighted by Crippen LogP contribution is -2.08. The number of nitrogens with two attached hydrogens (primary N) is 1. The third-order valence-electron chi connectivity index (χ3n) is 2.61. The maximum atomic E-state index is 11.1. The minimum atomic E-state index is -0.168. The third kappa shape index (κ3) is 3.68. The maximum absolute atomic E-state index is 11.1. The molecular weight excluding hydrogens is 272 g/mol. The van der Waals surface area contributed by atoms with Gasteiger partial charge < -0.3 is 15.8 Å². The third-order valence-corrected chi connectivity index (χ3v) is 3.34. The van der Waals surface area contributed by atoms with E-state index in [9.17, 15) is 4.79 Å². The number of nitrogens with one attached hydrogen (secondary N) is 1. The average Bonchev–Trinajstić information content (AvgIpc) is 2.42. The molecule has 0 saturated carbocycles. The van der Waals surface area contributed by atoms with Crippen molar-refractivity contribution in [2.24, 2.45) is 0 Å². The molecule has 0 bridgehead atoms. The van der Waals surface area contributed by atoms with Crippen molar-refractivity contribution in [2.75, 3.05) is 17.3 Å². The van der Waals surface area contributed by atoms with Crippen LogP contribution in [0.25, 0.3) is 0 Å². The summed E-state index contributed by atoms with van der Waals surface area (Å²) in [5.74, 6) is 1.20. The fourth-order valence-corrected chi connectivity index (χ4v) is 2.15. The summed E-state index contributed by atoms with van der Waals surface area (Å²) in [6.07, 6.45) is 2.01. The van der Waals surface area contributed by atoms with E-state index in [1.54, 1.807) is 30.0 Å². The highest BCUT2D eigenvalue weighted by molar-refractivity contribution is 7.98. The van der Waals surface area contributed by atoms with E-state index in [1.165, 1.54) is 6.92 Å². The Balaban J connectivity index is 2.22. The zero-order valence-corrected chi connectivity index (χ0v) is 12.2. The van der Waals surface area contributed by atoms with E-state index in [0.717, 1.165) is 10.6 Å². The summed E-state index contributed by atoms with van der Waals surface area (Å²) < 4.78 is 5.78. The van der Waals surface area contributed by atoms with Crippen molar-refractivity contribution < 1.29 is 9.53 Å². The van der Waals surface area contributed by atoms with Gasteiger partial charge in [-0.3, -0.25) is 4.79 Å². The molecule has 0 aliphatic heterocycles. The summed E-state index contributed by atoms with van der Waals surface area (Å²) in [4.78, 5) is 12.2. The van der Waals surface area contributed by atoms with E-state index >= 15 is 0 Å². The summed E-state index contributed by atoms with van der Waals surface area (Å²) in [5.41, 5.74) is 6.86. The number of hydrogen-bond acceptors (Lipinski definition) is 4. The molecule has 0 unspecified atom stereocenters. The van der Waals surface area contributed by atoms with Crippen molar-refractivity contribution in [1.82, 2.24) is 0 Å². The SMILES string of the molecule is CSc1cccc(Oc2ccc(N)c(NC(C)=O)c2)c1. The van der Waals surface area contributed by atoms with E-state index in [1.807, 2.05) is 30.5 Å². The van der Waals surface area contributed by atoms with Gasteiger partial charge in [0.25, 0.3) is 0 Å². The second-order valence-electron chi connectivity index (χ2n) is 4.21.